The van der Waals surface area contributed by atoms with Gasteiger partial charge in [0.15, 0.2) is 0 Å². The number of rotatable bonds is 5. The quantitative estimate of drug-likeness (QED) is 0.381. The predicted octanol–water partition coefficient (Wildman–Crippen LogP) is 6.36. The van der Waals surface area contributed by atoms with E-state index in [-0.39, 0.29) is 12.4 Å². The van der Waals surface area contributed by atoms with Crippen LogP contribution in [0.5, 0.6) is 5.75 Å². The number of fused-ring (bicyclic) bond motifs is 1. The zero-order valence-electron chi connectivity index (χ0n) is 15.9. The van der Waals surface area contributed by atoms with E-state index in [1.807, 2.05) is 42.6 Å². The molecule has 5 heteroatoms. The summed E-state index contributed by atoms with van der Waals surface area (Å²) in [4.78, 5) is 4.61. The number of aryl methyl sites for hydroxylation is 1. The predicted molar refractivity (Wildman–Crippen MR) is 118 cm³/mol. The summed E-state index contributed by atoms with van der Waals surface area (Å²) in [5.41, 5.74) is 6.79. The van der Waals surface area contributed by atoms with E-state index >= 15 is 0 Å². The Hall–Kier alpha value is -2.49. The molecule has 2 heterocycles. The van der Waals surface area contributed by atoms with Gasteiger partial charge in [-0.15, -0.1) is 12.4 Å². The van der Waals surface area contributed by atoms with Crippen LogP contribution in [0, 0.1) is 13.8 Å². The Morgan fingerprint density at radius 3 is 2.36 bits per heavy atom. The van der Waals surface area contributed by atoms with Gasteiger partial charge in [0.05, 0.1) is 5.52 Å². The van der Waals surface area contributed by atoms with Gasteiger partial charge in [0.1, 0.15) is 17.9 Å². The molecule has 0 saturated carbocycles. The highest BCUT2D eigenvalue weighted by atomic mass is 35.5. The minimum absolute atomic E-state index is 0. The molecule has 0 unspecified atom stereocenters. The molecule has 0 N–H and O–H groups in total. The molecule has 0 bridgehead atoms. The third-order valence-electron chi connectivity index (χ3n) is 4.95. The van der Waals surface area contributed by atoms with Gasteiger partial charge in [-0.25, -0.2) is 0 Å². The summed E-state index contributed by atoms with van der Waals surface area (Å²) in [5.74, 6) is 0.849. The first kappa shape index (κ1) is 20.2. The number of ether oxygens (including phenoxy) is 1. The molecule has 3 nitrogen and oxygen atoms in total. The standard InChI is InChI=1S/C23H21ClN2O.ClH/c1-16-17(2)26(14-18-6-4-3-5-7-18)23-21(12-13-25-22(16)23)27-15-19-8-10-20(24)11-9-19;/h3-13H,14-15H2,1-2H3;1H. The molecule has 0 fully saturated rings. The van der Waals surface area contributed by atoms with Crippen LogP contribution in [0.2, 0.25) is 5.02 Å². The Morgan fingerprint density at radius 1 is 0.929 bits per heavy atom. The molecule has 0 atom stereocenters. The third-order valence-corrected chi connectivity index (χ3v) is 5.20. The molecule has 0 aliphatic carbocycles. The summed E-state index contributed by atoms with van der Waals surface area (Å²) >= 11 is 5.97. The van der Waals surface area contributed by atoms with Crippen molar-refractivity contribution in [3.05, 3.63) is 94.3 Å². The summed E-state index contributed by atoms with van der Waals surface area (Å²) < 4.78 is 8.48. The van der Waals surface area contributed by atoms with Crippen LogP contribution in [0.25, 0.3) is 11.0 Å². The fourth-order valence-corrected chi connectivity index (χ4v) is 3.46. The number of benzene rings is 2. The zero-order chi connectivity index (χ0) is 18.8. The van der Waals surface area contributed by atoms with Gasteiger partial charge in [-0.1, -0.05) is 54.1 Å². The van der Waals surface area contributed by atoms with Gasteiger partial charge in [0.25, 0.3) is 0 Å². The topological polar surface area (TPSA) is 27.1 Å². The van der Waals surface area contributed by atoms with E-state index in [4.69, 9.17) is 16.3 Å². The lowest BCUT2D eigenvalue weighted by atomic mass is 10.2. The summed E-state index contributed by atoms with van der Waals surface area (Å²) in [6.45, 7) is 5.54. The molecule has 0 radical (unpaired) electrons. The first-order valence-corrected chi connectivity index (χ1v) is 9.37. The molecule has 144 valence electrons. The number of halogens is 2. The zero-order valence-corrected chi connectivity index (χ0v) is 17.4. The smallest absolute Gasteiger partial charge is 0.147 e. The summed E-state index contributed by atoms with van der Waals surface area (Å²) in [5, 5.41) is 0.730. The Balaban J connectivity index is 0.00000225. The van der Waals surface area contributed by atoms with Crippen LogP contribution >= 0.6 is 24.0 Å². The van der Waals surface area contributed by atoms with Gasteiger partial charge < -0.3 is 9.30 Å². The maximum Gasteiger partial charge on any atom is 0.147 e. The van der Waals surface area contributed by atoms with E-state index in [2.05, 4.69) is 47.7 Å². The van der Waals surface area contributed by atoms with Crippen LogP contribution in [-0.4, -0.2) is 9.55 Å². The highest BCUT2D eigenvalue weighted by Crippen LogP contribution is 2.32. The van der Waals surface area contributed by atoms with Crippen LogP contribution in [-0.2, 0) is 13.2 Å². The first-order valence-electron chi connectivity index (χ1n) is 8.99. The molecule has 4 rings (SSSR count). The van der Waals surface area contributed by atoms with Gasteiger partial charge in [0, 0.05) is 29.5 Å². The number of aromatic nitrogens is 2. The van der Waals surface area contributed by atoms with Crippen LogP contribution < -0.4 is 4.74 Å². The van der Waals surface area contributed by atoms with Crippen molar-refractivity contribution in [2.45, 2.75) is 27.0 Å². The second-order valence-corrected chi connectivity index (χ2v) is 7.14. The van der Waals surface area contributed by atoms with Crippen molar-refractivity contribution < 1.29 is 4.74 Å². The number of hydrogen-bond donors (Lipinski definition) is 0. The average molecular weight is 413 g/mol. The molecule has 4 aromatic rings. The fraction of sp³-hybridized carbons (Fsp3) is 0.174. The van der Waals surface area contributed by atoms with Crippen molar-refractivity contribution in [3.8, 4) is 5.75 Å². The Labute approximate surface area is 176 Å². The third kappa shape index (κ3) is 4.01. The SMILES string of the molecule is Cc1c(C)n(Cc2ccccc2)c2c(OCc3ccc(Cl)cc3)ccnc12.Cl. The molecular formula is C23H22Cl2N2O. The van der Waals surface area contributed by atoms with E-state index < -0.39 is 0 Å². The minimum atomic E-state index is 0. The van der Waals surface area contributed by atoms with Crippen molar-refractivity contribution in [1.82, 2.24) is 9.55 Å². The lowest BCUT2D eigenvalue weighted by Gasteiger charge is -2.13. The molecule has 0 aliphatic heterocycles. The lowest BCUT2D eigenvalue weighted by molar-refractivity contribution is 0.308. The molecule has 2 aromatic carbocycles. The number of pyridine rings is 1. The molecule has 28 heavy (non-hydrogen) atoms. The van der Waals surface area contributed by atoms with E-state index in [9.17, 15) is 0 Å². The van der Waals surface area contributed by atoms with E-state index in [0.717, 1.165) is 33.9 Å². The van der Waals surface area contributed by atoms with Gasteiger partial charge in [-0.2, -0.15) is 0 Å². The Kier molecular flexibility index (Phi) is 6.28. The molecule has 0 saturated heterocycles. The normalized spacial score (nSPS) is 10.7. The van der Waals surface area contributed by atoms with Crippen molar-refractivity contribution in [1.29, 1.82) is 0 Å². The van der Waals surface area contributed by atoms with Crippen LogP contribution in [0.4, 0.5) is 0 Å². The molecule has 2 aromatic heterocycles. The summed E-state index contributed by atoms with van der Waals surface area (Å²) in [7, 11) is 0. The van der Waals surface area contributed by atoms with Crippen LogP contribution in [0.3, 0.4) is 0 Å². The van der Waals surface area contributed by atoms with Crippen LogP contribution in [0.15, 0.2) is 66.9 Å². The summed E-state index contributed by atoms with van der Waals surface area (Å²) in [6, 6.07) is 20.1. The molecule has 0 amide bonds. The van der Waals surface area contributed by atoms with Crippen molar-refractivity contribution in [2.75, 3.05) is 0 Å². The van der Waals surface area contributed by atoms with E-state index in [1.165, 1.54) is 16.8 Å². The Morgan fingerprint density at radius 2 is 1.64 bits per heavy atom. The largest absolute Gasteiger partial charge is 0.487 e. The maximum atomic E-state index is 6.19. The fourth-order valence-electron chi connectivity index (χ4n) is 3.33. The molecule has 0 spiro atoms. The van der Waals surface area contributed by atoms with Crippen molar-refractivity contribution in [3.63, 3.8) is 0 Å². The van der Waals surface area contributed by atoms with Gasteiger partial charge in [-0.3, -0.25) is 4.98 Å². The average Bonchev–Trinajstić information content (AvgIpc) is 2.94. The molecule has 0 aliphatic rings. The second kappa shape index (κ2) is 8.68. The summed E-state index contributed by atoms with van der Waals surface area (Å²) in [6.07, 6.45) is 1.82. The lowest BCUT2D eigenvalue weighted by Crippen LogP contribution is -2.04. The van der Waals surface area contributed by atoms with Gasteiger partial charge >= 0.3 is 0 Å². The van der Waals surface area contributed by atoms with Crippen molar-refractivity contribution >= 4 is 35.0 Å². The monoisotopic (exact) mass is 412 g/mol. The van der Waals surface area contributed by atoms with Crippen molar-refractivity contribution in [2.24, 2.45) is 0 Å². The van der Waals surface area contributed by atoms with E-state index in [0.29, 0.717) is 6.61 Å². The second-order valence-electron chi connectivity index (χ2n) is 6.70. The van der Waals surface area contributed by atoms with Gasteiger partial charge in [-0.05, 0) is 42.7 Å². The van der Waals surface area contributed by atoms with E-state index in [1.54, 1.807) is 0 Å². The first-order chi connectivity index (χ1) is 13.1. The Bertz CT molecular complexity index is 1070. The maximum absolute atomic E-state index is 6.19. The number of nitrogens with zero attached hydrogens (tertiary/aromatic N) is 2. The molecular weight excluding hydrogens is 391 g/mol. The highest BCUT2D eigenvalue weighted by molar-refractivity contribution is 6.30. The van der Waals surface area contributed by atoms with Gasteiger partial charge in [0.2, 0.25) is 0 Å². The highest BCUT2D eigenvalue weighted by Gasteiger charge is 2.16. The number of hydrogen-bond acceptors (Lipinski definition) is 2. The van der Waals surface area contributed by atoms with Crippen LogP contribution in [0.1, 0.15) is 22.4 Å². The minimum Gasteiger partial charge on any atom is -0.487 e.